The van der Waals surface area contributed by atoms with Gasteiger partial charge in [-0.05, 0) is 61.6 Å². The number of likely N-dealkylation sites (tertiary alicyclic amines) is 2. The van der Waals surface area contributed by atoms with E-state index in [1.54, 1.807) is 12.3 Å². The van der Waals surface area contributed by atoms with E-state index in [9.17, 15) is 4.79 Å². The number of ether oxygens (including phenoxy) is 1. The fourth-order valence-electron chi connectivity index (χ4n) is 5.07. The van der Waals surface area contributed by atoms with Crippen LogP contribution in [0.25, 0.3) is 0 Å². The van der Waals surface area contributed by atoms with Gasteiger partial charge in [0.2, 0.25) is 0 Å². The lowest BCUT2D eigenvalue weighted by atomic mass is 10.0. The van der Waals surface area contributed by atoms with Crippen molar-refractivity contribution in [3.63, 3.8) is 0 Å². The molecule has 2 aromatic carbocycles. The van der Waals surface area contributed by atoms with Crippen molar-refractivity contribution in [2.24, 2.45) is 0 Å². The number of furan rings is 1. The number of hydrogen-bond donors (Lipinski definition) is 1. The average Bonchev–Trinajstić information content (AvgIpc) is 3.41. The molecule has 0 saturated carbocycles. The third kappa shape index (κ3) is 6.69. The summed E-state index contributed by atoms with van der Waals surface area (Å²) in [7, 11) is 0. The highest BCUT2D eigenvalue weighted by Crippen LogP contribution is 2.29. The molecule has 1 N–H and O–H groups in total. The summed E-state index contributed by atoms with van der Waals surface area (Å²) in [5.74, 6) is 1.56. The predicted octanol–water partition coefficient (Wildman–Crippen LogP) is 5.37. The molecule has 2 saturated heterocycles. The smallest absolute Gasteiger partial charge is 0.251 e. The number of nitrogens with one attached hydrogen (secondary N) is 1. The summed E-state index contributed by atoms with van der Waals surface area (Å²) in [5, 5.41) is 3.68. The number of carbonyl (C=O) groups excluding carboxylic acids is 1. The summed E-state index contributed by atoms with van der Waals surface area (Å²) in [6, 6.07) is 20.0. The van der Waals surface area contributed by atoms with Crippen LogP contribution in [0.3, 0.4) is 0 Å². The van der Waals surface area contributed by atoms with Gasteiger partial charge in [0.1, 0.15) is 17.6 Å². The molecule has 36 heavy (non-hydrogen) atoms. The van der Waals surface area contributed by atoms with Gasteiger partial charge in [0.05, 0.1) is 17.8 Å². The normalized spacial score (nSPS) is 18.2. The zero-order valence-electron chi connectivity index (χ0n) is 20.6. The monoisotopic (exact) mass is 507 g/mol. The van der Waals surface area contributed by atoms with Gasteiger partial charge in [0.25, 0.3) is 5.91 Å². The van der Waals surface area contributed by atoms with Crippen LogP contribution in [-0.2, 0) is 13.1 Å². The highest BCUT2D eigenvalue weighted by atomic mass is 35.5. The van der Waals surface area contributed by atoms with Crippen LogP contribution in [0.1, 0.15) is 47.4 Å². The fourth-order valence-corrected chi connectivity index (χ4v) is 5.30. The standard InChI is InChI=1S/C29H34ClN3O3/c30-27-19-23(29(34)31-24-10-14-32(15-11-24)20-22-5-2-1-3-6-22)8-9-28(27)36-25-12-16-33(17-13-25)21-26-7-4-18-35-26/h1-9,18-19,24-25H,10-17,20-21H2,(H,31,34). The summed E-state index contributed by atoms with van der Waals surface area (Å²) < 4.78 is 11.6. The third-order valence-electron chi connectivity index (χ3n) is 7.15. The summed E-state index contributed by atoms with van der Waals surface area (Å²) in [4.78, 5) is 17.7. The minimum absolute atomic E-state index is 0.0730. The average molecular weight is 508 g/mol. The minimum atomic E-state index is -0.0730. The molecule has 0 bridgehead atoms. The fraction of sp³-hybridized carbons (Fsp3) is 0.414. The molecular formula is C29H34ClN3O3. The van der Waals surface area contributed by atoms with Gasteiger partial charge in [-0.2, -0.15) is 0 Å². The van der Waals surface area contributed by atoms with Crippen molar-refractivity contribution in [3.8, 4) is 5.75 Å². The Balaban J connectivity index is 1.06. The molecule has 190 valence electrons. The zero-order chi connectivity index (χ0) is 24.7. The minimum Gasteiger partial charge on any atom is -0.489 e. The number of hydrogen-bond acceptors (Lipinski definition) is 5. The van der Waals surface area contributed by atoms with Crippen molar-refractivity contribution in [3.05, 3.63) is 88.8 Å². The Morgan fingerprint density at radius 3 is 2.33 bits per heavy atom. The van der Waals surface area contributed by atoms with Crippen LogP contribution < -0.4 is 10.1 Å². The molecule has 6 nitrogen and oxygen atoms in total. The van der Waals surface area contributed by atoms with Gasteiger partial charge in [-0.15, -0.1) is 0 Å². The summed E-state index contributed by atoms with van der Waals surface area (Å²) in [6.45, 7) is 5.65. The second-order valence-electron chi connectivity index (χ2n) is 9.83. The Bertz CT molecular complexity index is 1110. The Morgan fingerprint density at radius 2 is 1.64 bits per heavy atom. The topological polar surface area (TPSA) is 58.0 Å². The lowest BCUT2D eigenvalue weighted by Gasteiger charge is -2.32. The van der Waals surface area contributed by atoms with Gasteiger partial charge >= 0.3 is 0 Å². The number of piperidine rings is 2. The van der Waals surface area contributed by atoms with Gasteiger partial charge in [-0.3, -0.25) is 14.6 Å². The first-order chi connectivity index (χ1) is 17.6. The maximum atomic E-state index is 12.9. The highest BCUT2D eigenvalue weighted by Gasteiger charge is 2.24. The molecule has 2 aliphatic rings. The first-order valence-corrected chi connectivity index (χ1v) is 13.3. The van der Waals surface area contributed by atoms with Crippen LogP contribution in [0.5, 0.6) is 5.75 Å². The van der Waals surface area contributed by atoms with Crippen LogP contribution in [0.2, 0.25) is 5.02 Å². The van der Waals surface area contributed by atoms with Crippen molar-refractivity contribution in [2.45, 2.75) is 50.9 Å². The third-order valence-corrected chi connectivity index (χ3v) is 7.45. The van der Waals surface area contributed by atoms with Gasteiger partial charge in [0.15, 0.2) is 0 Å². The number of nitrogens with zero attached hydrogens (tertiary/aromatic N) is 2. The highest BCUT2D eigenvalue weighted by molar-refractivity contribution is 6.32. The number of benzene rings is 2. The quantitative estimate of drug-likeness (QED) is 0.444. The SMILES string of the molecule is O=C(NC1CCN(Cc2ccccc2)CC1)c1ccc(OC2CCN(Cc3ccco3)CC2)c(Cl)c1. The molecule has 2 aliphatic heterocycles. The van der Waals surface area contributed by atoms with Gasteiger partial charge in [-0.1, -0.05) is 41.9 Å². The molecule has 1 aromatic heterocycles. The van der Waals surface area contributed by atoms with Gasteiger partial charge in [-0.25, -0.2) is 0 Å². The van der Waals surface area contributed by atoms with Crippen molar-refractivity contribution in [1.29, 1.82) is 0 Å². The van der Waals surface area contributed by atoms with Crippen LogP contribution in [-0.4, -0.2) is 54.0 Å². The molecule has 0 radical (unpaired) electrons. The number of rotatable bonds is 8. The van der Waals surface area contributed by atoms with Crippen LogP contribution in [0.4, 0.5) is 0 Å². The predicted molar refractivity (Wildman–Crippen MR) is 141 cm³/mol. The van der Waals surface area contributed by atoms with Crippen molar-refractivity contribution in [1.82, 2.24) is 15.1 Å². The molecular weight excluding hydrogens is 474 g/mol. The Hall–Kier alpha value is -2.80. The Labute approximate surface area is 218 Å². The van der Waals surface area contributed by atoms with E-state index >= 15 is 0 Å². The second kappa shape index (κ2) is 12.0. The van der Waals surface area contributed by atoms with E-state index in [4.69, 9.17) is 20.8 Å². The summed E-state index contributed by atoms with van der Waals surface area (Å²) >= 11 is 6.52. The first kappa shape index (κ1) is 24.9. The maximum absolute atomic E-state index is 12.9. The van der Waals surface area contributed by atoms with Crippen LogP contribution in [0.15, 0.2) is 71.3 Å². The van der Waals surface area contributed by atoms with E-state index < -0.39 is 0 Å². The van der Waals surface area contributed by atoms with E-state index in [1.807, 2.05) is 30.3 Å². The molecule has 3 aromatic rings. The van der Waals surface area contributed by atoms with E-state index in [0.29, 0.717) is 16.3 Å². The molecule has 3 heterocycles. The van der Waals surface area contributed by atoms with Crippen molar-refractivity contribution in [2.75, 3.05) is 26.2 Å². The number of carbonyl (C=O) groups is 1. The van der Waals surface area contributed by atoms with Crippen molar-refractivity contribution < 1.29 is 13.9 Å². The van der Waals surface area contributed by atoms with Gasteiger partial charge in [0, 0.05) is 44.3 Å². The molecule has 0 unspecified atom stereocenters. The first-order valence-electron chi connectivity index (χ1n) is 12.9. The molecule has 0 aliphatic carbocycles. The summed E-state index contributed by atoms with van der Waals surface area (Å²) in [5.41, 5.74) is 1.91. The molecule has 2 fully saturated rings. The molecule has 0 atom stereocenters. The maximum Gasteiger partial charge on any atom is 0.251 e. The van der Waals surface area contributed by atoms with Crippen molar-refractivity contribution >= 4 is 17.5 Å². The van der Waals surface area contributed by atoms with E-state index in [0.717, 1.165) is 70.7 Å². The number of halogens is 1. The second-order valence-corrected chi connectivity index (χ2v) is 10.2. The van der Waals surface area contributed by atoms with E-state index in [2.05, 4.69) is 39.4 Å². The Kier molecular flexibility index (Phi) is 8.26. The molecule has 5 rings (SSSR count). The van der Waals surface area contributed by atoms with Crippen LogP contribution in [0, 0.1) is 0 Å². The Morgan fingerprint density at radius 1 is 0.917 bits per heavy atom. The zero-order valence-corrected chi connectivity index (χ0v) is 21.3. The molecule has 0 spiro atoms. The lowest BCUT2D eigenvalue weighted by molar-refractivity contribution is 0.0906. The lowest BCUT2D eigenvalue weighted by Crippen LogP contribution is -2.44. The molecule has 1 amide bonds. The van der Waals surface area contributed by atoms with Gasteiger partial charge < -0.3 is 14.5 Å². The summed E-state index contributed by atoms with van der Waals surface area (Å²) in [6.07, 6.45) is 5.60. The van der Waals surface area contributed by atoms with E-state index in [1.165, 1.54) is 5.56 Å². The van der Waals surface area contributed by atoms with E-state index in [-0.39, 0.29) is 18.1 Å². The number of amides is 1. The molecule has 7 heteroatoms. The largest absolute Gasteiger partial charge is 0.489 e. The van der Waals surface area contributed by atoms with Crippen LogP contribution >= 0.6 is 11.6 Å².